The maximum absolute atomic E-state index is 12.1. The number of Topliss-reactive ketones (excluding diaryl/α,β-unsaturated/α-hetero) is 1. The van der Waals surface area contributed by atoms with Crippen LogP contribution < -0.4 is 0 Å². The molecule has 3 N–H and O–H groups in total. The number of ketones is 1. The molecule has 2 rings (SSSR count). The highest BCUT2D eigenvalue weighted by molar-refractivity contribution is 7.99. The number of carboxylic acid groups (broad SMARTS) is 1. The van der Waals surface area contributed by atoms with Gasteiger partial charge < -0.3 is 20.2 Å². The lowest BCUT2D eigenvalue weighted by Crippen LogP contribution is -2.31. The molecule has 1 atom stereocenters. The maximum Gasteiger partial charge on any atom is 0.335 e. The van der Waals surface area contributed by atoms with E-state index in [-0.39, 0.29) is 23.7 Å². The van der Waals surface area contributed by atoms with Crippen LogP contribution in [-0.4, -0.2) is 51.0 Å². The normalized spacial score (nSPS) is 12.2. The number of aromatic carboxylic acids is 1. The van der Waals surface area contributed by atoms with E-state index in [0.717, 1.165) is 16.2 Å². The van der Waals surface area contributed by atoms with Crippen molar-refractivity contribution in [3.8, 4) is 0 Å². The molecule has 0 aliphatic carbocycles. The van der Waals surface area contributed by atoms with Gasteiger partial charge in [0.05, 0.1) is 17.8 Å². The number of hydrogen-bond donors (Lipinski definition) is 3. The first-order valence-corrected chi connectivity index (χ1v) is 12.6. The first-order chi connectivity index (χ1) is 17.0. The van der Waals surface area contributed by atoms with E-state index in [1.807, 2.05) is 27.7 Å². The number of carbonyl (C=O) groups is 3. The molecule has 2 aromatic carbocycles. The summed E-state index contributed by atoms with van der Waals surface area (Å²) in [5, 5.41) is 30.4. The highest BCUT2D eigenvalue weighted by Gasteiger charge is 2.21. The van der Waals surface area contributed by atoms with Gasteiger partial charge in [0.2, 0.25) is 5.78 Å². The molecule has 36 heavy (non-hydrogen) atoms. The molecule has 0 saturated carbocycles. The van der Waals surface area contributed by atoms with Gasteiger partial charge in [0.1, 0.15) is 5.71 Å². The predicted molar refractivity (Wildman–Crippen MR) is 142 cm³/mol. The zero-order chi connectivity index (χ0) is 27.7. The minimum absolute atomic E-state index is 0.0832. The summed E-state index contributed by atoms with van der Waals surface area (Å²) in [7, 11) is 0. The fourth-order valence-corrected chi connectivity index (χ4v) is 3.51. The Morgan fingerprint density at radius 2 is 1.39 bits per heavy atom. The van der Waals surface area contributed by atoms with Crippen LogP contribution in [0, 0.1) is 0 Å². The van der Waals surface area contributed by atoms with E-state index in [1.165, 1.54) is 37.7 Å². The molecule has 0 fully saturated rings. The number of nitrogens with zero attached hydrogens (tertiary/aromatic N) is 1. The van der Waals surface area contributed by atoms with E-state index < -0.39 is 17.5 Å². The van der Waals surface area contributed by atoms with Crippen molar-refractivity contribution >= 4 is 35.2 Å². The molecule has 0 amide bonds. The molecule has 0 radical (unpaired) electrons. The van der Waals surface area contributed by atoms with Gasteiger partial charge in [-0.3, -0.25) is 4.79 Å². The van der Waals surface area contributed by atoms with E-state index in [1.54, 1.807) is 36.4 Å². The van der Waals surface area contributed by atoms with Crippen molar-refractivity contribution in [2.45, 2.75) is 76.2 Å². The Morgan fingerprint density at radius 3 is 1.72 bits per heavy atom. The van der Waals surface area contributed by atoms with Crippen LogP contribution in [0.5, 0.6) is 0 Å². The van der Waals surface area contributed by atoms with Crippen LogP contribution in [0.25, 0.3) is 0 Å². The highest BCUT2D eigenvalue weighted by Crippen LogP contribution is 2.28. The molecule has 0 bridgehead atoms. The fourth-order valence-electron chi connectivity index (χ4n) is 2.69. The van der Waals surface area contributed by atoms with E-state index >= 15 is 0 Å². The smallest absolute Gasteiger partial charge is 0.335 e. The van der Waals surface area contributed by atoms with Gasteiger partial charge in [-0.25, -0.2) is 9.59 Å². The van der Waals surface area contributed by atoms with Crippen molar-refractivity contribution in [1.82, 2.24) is 0 Å². The van der Waals surface area contributed by atoms with Crippen LogP contribution in [0.15, 0.2) is 63.5 Å². The monoisotopic (exact) mass is 519 g/mol. The van der Waals surface area contributed by atoms with Crippen molar-refractivity contribution in [2.75, 3.05) is 6.61 Å². The van der Waals surface area contributed by atoms with E-state index in [4.69, 9.17) is 10.2 Å². The third-order valence-electron chi connectivity index (χ3n) is 4.76. The van der Waals surface area contributed by atoms with Gasteiger partial charge in [0.15, 0.2) is 0 Å². The molecule has 9 heteroatoms. The molecule has 2 aromatic rings. The SMILES string of the molecule is CC.CC(=O)O/N=C(\C)C(=O)c1ccc(Sc2ccc(C(=O)O)cc2)cc1.CCCC(O)(CC)CO. The van der Waals surface area contributed by atoms with Gasteiger partial charge >= 0.3 is 11.9 Å². The third kappa shape index (κ3) is 12.1. The average Bonchev–Trinajstić information content (AvgIpc) is 2.89. The summed E-state index contributed by atoms with van der Waals surface area (Å²) in [6.07, 6.45) is 2.25. The number of rotatable bonds is 10. The van der Waals surface area contributed by atoms with Gasteiger partial charge in [-0.05, 0) is 68.3 Å². The second kappa shape index (κ2) is 17.4. The van der Waals surface area contributed by atoms with E-state index in [2.05, 4.69) is 9.99 Å². The fraction of sp³-hybridized carbons (Fsp3) is 0.407. The van der Waals surface area contributed by atoms with Gasteiger partial charge in [-0.1, -0.05) is 51.0 Å². The summed E-state index contributed by atoms with van der Waals surface area (Å²) in [6, 6.07) is 13.4. The topological polar surface area (TPSA) is 133 Å². The van der Waals surface area contributed by atoms with Gasteiger partial charge in [-0.2, -0.15) is 0 Å². The molecule has 1 unspecified atom stereocenters. The number of hydrogen-bond acceptors (Lipinski definition) is 8. The summed E-state index contributed by atoms with van der Waals surface area (Å²) < 4.78 is 0. The Balaban J connectivity index is 0.000000941. The van der Waals surface area contributed by atoms with Crippen LogP contribution in [0.2, 0.25) is 0 Å². The molecular formula is C27H37NO7S. The minimum Gasteiger partial charge on any atom is -0.478 e. The van der Waals surface area contributed by atoms with Gasteiger partial charge in [0, 0.05) is 22.3 Å². The Bertz CT molecular complexity index is 982. The Labute approximate surface area is 217 Å². The van der Waals surface area contributed by atoms with E-state index in [9.17, 15) is 19.5 Å². The number of aliphatic hydroxyl groups excluding tert-OH is 1. The first kappa shape index (κ1) is 33.0. The van der Waals surface area contributed by atoms with Gasteiger partial charge in [-0.15, -0.1) is 0 Å². The zero-order valence-corrected chi connectivity index (χ0v) is 22.6. The number of benzene rings is 2. The average molecular weight is 520 g/mol. The zero-order valence-electron chi connectivity index (χ0n) is 21.8. The minimum atomic E-state index is -0.967. The first-order valence-electron chi connectivity index (χ1n) is 11.8. The van der Waals surface area contributed by atoms with Crippen molar-refractivity contribution in [1.29, 1.82) is 0 Å². The van der Waals surface area contributed by atoms with Crippen molar-refractivity contribution < 1.29 is 34.5 Å². The molecule has 0 aromatic heterocycles. The lowest BCUT2D eigenvalue weighted by atomic mass is 9.96. The van der Waals surface area contributed by atoms with Crippen LogP contribution >= 0.6 is 11.8 Å². The molecule has 0 saturated heterocycles. The standard InChI is InChI=1S/C18H15NO5S.C7H16O2.C2H6/c1-11(19-24-12(2)20)17(21)13-3-7-15(8-4-13)25-16-9-5-14(6-10-16)18(22)23;1-3-5-7(9,4-2)6-8;1-2/h3-10H,1-2H3,(H,22,23);8-9H,3-6H2,1-2H3;1-2H3/b19-11+;;. The summed E-state index contributed by atoms with van der Waals surface area (Å²) >= 11 is 1.45. The van der Waals surface area contributed by atoms with Crippen molar-refractivity contribution in [3.05, 3.63) is 59.7 Å². The quantitative estimate of drug-likeness (QED) is 0.160. The van der Waals surface area contributed by atoms with Crippen LogP contribution in [0.4, 0.5) is 0 Å². The molecule has 0 spiro atoms. The molecule has 198 valence electrons. The lowest BCUT2D eigenvalue weighted by Gasteiger charge is -2.22. The number of oxime groups is 1. The van der Waals surface area contributed by atoms with Crippen LogP contribution in [-0.2, 0) is 9.63 Å². The summed E-state index contributed by atoms with van der Waals surface area (Å²) in [5.41, 5.74) is -0.0685. The van der Waals surface area contributed by atoms with Crippen molar-refractivity contribution in [2.24, 2.45) is 5.16 Å². The summed E-state index contributed by atoms with van der Waals surface area (Å²) in [5.74, 6) is -1.89. The summed E-state index contributed by atoms with van der Waals surface area (Å²) in [4.78, 5) is 39.9. The van der Waals surface area contributed by atoms with Crippen molar-refractivity contribution in [3.63, 3.8) is 0 Å². The Morgan fingerprint density at radius 1 is 0.917 bits per heavy atom. The number of carboxylic acids is 1. The molecule has 0 aliphatic rings. The maximum atomic E-state index is 12.1. The highest BCUT2D eigenvalue weighted by atomic mass is 32.2. The van der Waals surface area contributed by atoms with Gasteiger partial charge in [0.25, 0.3) is 0 Å². The third-order valence-corrected chi connectivity index (χ3v) is 5.78. The summed E-state index contributed by atoms with van der Waals surface area (Å²) in [6.45, 7) is 10.4. The van der Waals surface area contributed by atoms with Crippen LogP contribution in [0.1, 0.15) is 81.5 Å². The predicted octanol–water partition coefficient (Wildman–Crippen LogP) is 5.60. The second-order valence-corrected chi connectivity index (χ2v) is 8.68. The second-order valence-electron chi connectivity index (χ2n) is 7.53. The largest absolute Gasteiger partial charge is 0.478 e. The Hall–Kier alpha value is -3.01. The molecule has 0 heterocycles. The number of carbonyl (C=O) groups excluding carboxylic acids is 2. The molecule has 0 aliphatic heterocycles. The van der Waals surface area contributed by atoms with E-state index in [0.29, 0.717) is 18.4 Å². The molecular weight excluding hydrogens is 482 g/mol. The Kier molecular flexibility index (Phi) is 16.0. The van der Waals surface area contributed by atoms with Crippen LogP contribution in [0.3, 0.4) is 0 Å². The molecule has 8 nitrogen and oxygen atoms in total. The lowest BCUT2D eigenvalue weighted by molar-refractivity contribution is -0.140. The number of aliphatic hydroxyl groups is 2.